The molecular formula is C44H65N5O10. The van der Waals surface area contributed by atoms with Crippen molar-refractivity contribution < 1.29 is 48.0 Å². The van der Waals surface area contributed by atoms with Crippen LogP contribution >= 0.6 is 0 Å². The quantitative estimate of drug-likeness (QED) is 0.253. The summed E-state index contributed by atoms with van der Waals surface area (Å²) < 4.78 is 34.5. The smallest absolute Gasteiger partial charge is 0.410 e. The molecule has 15 heteroatoms. The van der Waals surface area contributed by atoms with Crippen molar-refractivity contribution in [3.8, 4) is 11.3 Å². The summed E-state index contributed by atoms with van der Waals surface area (Å²) in [5, 5.41) is 11.8. The van der Waals surface area contributed by atoms with Gasteiger partial charge in [0.25, 0.3) is 0 Å². The van der Waals surface area contributed by atoms with Crippen LogP contribution in [0.25, 0.3) is 11.3 Å². The van der Waals surface area contributed by atoms with Crippen molar-refractivity contribution in [3.05, 3.63) is 37.1 Å². The predicted octanol–water partition coefficient (Wildman–Crippen LogP) is 4.93. The molecule has 59 heavy (non-hydrogen) atoms. The van der Waals surface area contributed by atoms with E-state index in [-0.39, 0.29) is 37.3 Å². The Kier molecular flexibility index (Phi) is 13.1. The van der Waals surface area contributed by atoms with Crippen LogP contribution < -0.4 is 0 Å². The predicted molar refractivity (Wildman–Crippen MR) is 217 cm³/mol. The summed E-state index contributed by atoms with van der Waals surface area (Å²) in [4.78, 5) is 70.4. The van der Waals surface area contributed by atoms with Gasteiger partial charge in [0, 0.05) is 73.6 Å². The van der Waals surface area contributed by atoms with Crippen LogP contribution in [0.4, 0.5) is 4.79 Å². The number of carbonyl (C=O) groups excluding carboxylic acids is 4. The van der Waals surface area contributed by atoms with Crippen molar-refractivity contribution >= 4 is 23.6 Å². The van der Waals surface area contributed by atoms with Gasteiger partial charge in [-0.05, 0) is 86.0 Å². The number of imidazole rings is 1. The van der Waals surface area contributed by atoms with E-state index in [9.17, 15) is 24.3 Å². The number of hydrogen-bond donors (Lipinski definition) is 1. The molecule has 2 aromatic heterocycles. The molecule has 15 nitrogen and oxygen atoms in total. The fourth-order valence-electron chi connectivity index (χ4n) is 10.8. The van der Waals surface area contributed by atoms with Crippen LogP contribution in [0.3, 0.4) is 0 Å². The van der Waals surface area contributed by atoms with Crippen molar-refractivity contribution in [1.29, 1.82) is 0 Å². The Morgan fingerprint density at radius 1 is 1.05 bits per heavy atom. The molecule has 4 bridgehead atoms. The largest absolute Gasteiger partial charge is 0.458 e. The minimum atomic E-state index is -1.45. The third kappa shape index (κ3) is 8.09. The number of cyclic esters (lactones) is 1. The van der Waals surface area contributed by atoms with E-state index in [0.717, 1.165) is 11.3 Å². The first-order valence-corrected chi connectivity index (χ1v) is 21.2. The molecule has 0 spiro atoms. The van der Waals surface area contributed by atoms with Crippen molar-refractivity contribution in [3.63, 3.8) is 0 Å². The Bertz CT molecular complexity index is 1840. The van der Waals surface area contributed by atoms with Gasteiger partial charge in [-0.15, -0.1) is 0 Å². The van der Waals surface area contributed by atoms with Crippen LogP contribution in [0.2, 0.25) is 0 Å². The highest BCUT2D eigenvalue weighted by atomic mass is 16.7. The number of likely N-dealkylation sites (N-methyl/N-ethyl adjacent to an activating group) is 1. The van der Waals surface area contributed by atoms with Crippen molar-refractivity contribution in [2.45, 2.75) is 148 Å². The summed E-state index contributed by atoms with van der Waals surface area (Å²) in [7, 11) is 5.31. The fourth-order valence-corrected chi connectivity index (χ4v) is 10.8. The van der Waals surface area contributed by atoms with Gasteiger partial charge in [0.1, 0.15) is 23.9 Å². The number of hydrogen-bond acceptors (Lipinski definition) is 13. The van der Waals surface area contributed by atoms with Gasteiger partial charge in [-0.1, -0.05) is 27.7 Å². The minimum absolute atomic E-state index is 0.0672. The van der Waals surface area contributed by atoms with E-state index in [4.69, 9.17) is 23.7 Å². The van der Waals surface area contributed by atoms with Crippen molar-refractivity contribution in [2.24, 2.45) is 29.1 Å². The lowest BCUT2D eigenvalue weighted by Gasteiger charge is -2.57. The number of pyridine rings is 1. The maximum atomic E-state index is 14.7. The zero-order chi connectivity index (χ0) is 43.2. The number of amides is 1. The number of aromatic nitrogens is 3. The number of aryl methyl sites for hydroxylation is 1. The number of aliphatic hydroxyl groups is 1. The number of esters is 1. The number of aliphatic hydroxyl groups excluding tert-OH is 1. The Hall–Kier alpha value is -3.76. The summed E-state index contributed by atoms with van der Waals surface area (Å²) in [6, 6.07) is 2.67. The van der Waals surface area contributed by atoms with E-state index in [1.807, 2.05) is 76.5 Å². The molecule has 0 aliphatic carbocycles. The Morgan fingerprint density at radius 3 is 2.42 bits per heavy atom. The van der Waals surface area contributed by atoms with E-state index in [1.54, 1.807) is 44.6 Å². The van der Waals surface area contributed by atoms with Gasteiger partial charge in [-0.25, -0.2) is 9.78 Å². The van der Waals surface area contributed by atoms with E-state index >= 15 is 0 Å². The van der Waals surface area contributed by atoms with E-state index < -0.39 is 88.8 Å². The number of rotatable bonds is 10. The summed E-state index contributed by atoms with van der Waals surface area (Å²) in [6.07, 6.45) is 3.93. The highest BCUT2D eigenvalue weighted by Gasteiger charge is 2.66. The zero-order valence-electron chi connectivity index (χ0n) is 36.6. The molecule has 1 N–H and O–H groups in total. The molecule has 326 valence electrons. The van der Waals surface area contributed by atoms with Crippen molar-refractivity contribution in [1.82, 2.24) is 24.3 Å². The first-order valence-electron chi connectivity index (χ1n) is 21.2. The Labute approximate surface area is 348 Å². The number of ketones is 2. The summed E-state index contributed by atoms with van der Waals surface area (Å²) >= 11 is 0. The molecule has 6 heterocycles. The van der Waals surface area contributed by atoms with Crippen LogP contribution in [0, 0.1) is 29.1 Å². The lowest BCUT2D eigenvalue weighted by Crippen LogP contribution is -2.68. The maximum absolute atomic E-state index is 14.7. The molecular weight excluding hydrogens is 759 g/mol. The maximum Gasteiger partial charge on any atom is 0.410 e. The highest BCUT2D eigenvalue weighted by molar-refractivity contribution is 6.00. The summed E-state index contributed by atoms with van der Waals surface area (Å²) in [5.74, 6) is -4.73. The van der Waals surface area contributed by atoms with Gasteiger partial charge in [-0.2, -0.15) is 0 Å². The van der Waals surface area contributed by atoms with Gasteiger partial charge in [0.2, 0.25) is 0 Å². The second kappa shape index (κ2) is 17.3. The van der Waals surface area contributed by atoms with Gasteiger partial charge in [0.15, 0.2) is 17.7 Å². The molecule has 2 aromatic rings. The second-order valence-corrected chi connectivity index (χ2v) is 18.2. The Morgan fingerprint density at radius 2 is 1.78 bits per heavy atom. The van der Waals surface area contributed by atoms with Crippen LogP contribution in [0.5, 0.6) is 0 Å². The molecule has 6 rings (SSSR count). The molecule has 4 aliphatic heterocycles. The molecule has 0 saturated carbocycles. The number of fused-ring (bicyclic) bond motifs is 1. The number of Topliss-reactive ketones (excluding diaryl/α,β-unsaturated/α-hetero) is 2. The lowest BCUT2D eigenvalue weighted by atomic mass is 9.58. The summed E-state index contributed by atoms with van der Waals surface area (Å²) in [6.45, 7) is 14.9. The first-order chi connectivity index (χ1) is 27.8. The average Bonchev–Trinajstić information content (AvgIpc) is 3.78. The van der Waals surface area contributed by atoms with Crippen LogP contribution in [-0.2, 0) is 44.6 Å². The SMILES string of the molecule is CC[C@H]1OC(=O)[C@H](C)C(=O)[C@H](C)[C@@H](O[C@@H]2OC(C)C[C@H](N(C)C)C2O)[C@](C)(OC)C2(CCCn3cnc(-c4cccnc4)c3)C[C@@H](C)C(=O)[C@H](C)[C@H]3N(C2)C(=O)O[C@]13C. The molecule has 0 aromatic carbocycles. The number of nitrogens with zero attached hydrogens (tertiary/aromatic N) is 5. The van der Waals surface area contributed by atoms with Crippen LogP contribution in [0.1, 0.15) is 87.5 Å². The van der Waals surface area contributed by atoms with Gasteiger partial charge >= 0.3 is 12.1 Å². The monoisotopic (exact) mass is 823 g/mol. The molecule has 4 fully saturated rings. The molecule has 3 unspecified atom stereocenters. The lowest BCUT2D eigenvalue weighted by molar-refractivity contribution is -0.309. The average molecular weight is 824 g/mol. The third-order valence-corrected chi connectivity index (χ3v) is 14.2. The van der Waals surface area contributed by atoms with E-state index in [1.165, 1.54) is 6.92 Å². The second-order valence-electron chi connectivity index (χ2n) is 18.2. The van der Waals surface area contributed by atoms with Gasteiger partial charge < -0.3 is 38.3 Å². The van der Waals surface area contributed by atoms with Crippen molar-refractivity contribution in [2.75, 3.05) is 27.7 Å². The molecule has 0 radical (unpaired) electrons. The molecule has 4 aliphatic rings. The minimum Gasteiger partial charge on any atom is -0.458 e. The van der Waals surface area contributed by atoms with Crippen LogP contribution in [0.15, 0.2) is 37.1 Å². The topological polar surface area (TPSA) is 172 Å². The fraction of sp³-hybridized carbons (Fsp3) is 0.727. The summed E-state index contributed by atoms with van der Waals surface area (Å²) in [5.41, 5.74) is -2.29. The standard InChI is InChI=1S/C44H65N5O10/c1-12-33-42(7)37-27(4)34(50)25(2)20-44(23-49(37)41(54)59-42,16-14-18-48-22-31(46-24-48)30-15-13-17-45-21-30)43(8,55-11)38(28(5)35(51)29(6)39(53)57-33)58-40-36(52)32(47(9)10)19-26(3)56-40/h13,15,17,21-22,24-29,32-33,36-38,40,52H,12,14,16,18-20,23H2,1-11H3/t25-,26?,27+,28+,29-,32+,33-,36?,37-,38-,40+,42-,43+,44?/m1/s1. The van der Waals surface area contributed by atoms with Gasteiger partial charge in [0.05, 0.1) is 35.9 Å². The molecule has 4 saturated heterocycles. The third-order valence-electron chi connectivity index (χ3n) is 14.2. The van der Waals surface area contributed by atoms with Crippen LogP contribution in [-0.4, -0.2) is 135 Å². The highest BCUT2D eigenvalue weighted by Crippen LogP contribution is 2.54. The zero-order valence-corrected chi connectivity index (χ0v) is 36.6. The number of methoxy groups -OCH3 is 1. The van der Waals surface area contributed by atoms with E-state index in [0.29, 0.717) is 25.8 Å². The number of ether oxygens (including phenoxy) is 5. The normalized spacial score (nSPS) is 39.5. The number of carbonyl (C=O) groups is 4. The molecule has 14 atom stereocenters. The Balaban J connectivity index is 1.53. The van der Waals surface area contributed by atoms with Gasteiger partial charge in [-0.3, -0.25) is 24.3 Å². The molecule has 1 amide bonds. The van der Waals surface area contributed by atoms with E-state index in [2.05, 4.69) is 9.97 Å². The first kappa shape index (κ1) is 44.8.